The van der Waals surface area contributed by atoms with Crippen molar-refractivity contribution >= 4 is 11.6 Å². The Hall–Kier alpha value is -2.36. The maximum absolute atomic E-state index is 12.4. The highest BCUT2D eigenvalue weighted by atomic mass is 16.2. The summed E-state index contributed by atoms with van der Waals surface area (Å²) in [5, 5.41) is 0. The topological polar surface area (TPSA) is 36.4 Å². The zero-order chi connectivity index (χ0) is 16.1. The maximum Gasteiger partial charge on any atom is 0.223 e. The highest BCUT2D eigenvalue weighted by Crippen LogP contribution is 2.18. The number of hydrogen-bond donors (Lipinski definition) is 0. The summed E-state index contributed by atoms with van der Waals surface area (Å²) in [5.74, 6) is 0.255. The Morgan fingerprint density at radius 2 is 1.83 bits per heavy atom. The number of carbonyl (C=O) groups excluding carboxylic acids is 1. The van der Waals surface area contributed by atoms with Gasteiger partial charge in [0.1, 0.15) is 0 Å². The summed E-state index contributed by atoms with van der Waals surface area (Å²) in [4.78, 5) is 20.7. The zero-order valence-corrected chi connectivity index (χ0v) is 13.6. The van der Waals surface area contributed by atoms with Gasteiger partial charge in [0, 0.05) is 50.7 Å². The molecule has 0 radical (unpaired) electrons. The van der Waals surface area contributed by atoms with E-state index in [4.69, 9.17) is 0 Å². The fraction of sp³-hybridized carbons (Fsp3) is 0.368. The van der Waals surface area contributed by atoms with E-state index in [0.717, 1.165) is 32.6 Å². The van der Waals surface area contributed by atoms with Crippen LogP contribution in [0, 0.1) is 6.92 Å². The predicted molar refractivity (Wildman–Crippen MR) is 92.5 cm³/mol. The molecule has 4 heteroatoms. The Morgan fingerprint density at radius 1 is 1.09 bits per heavy atom. The Labute approximate surface area is 137 Å². The molecule has 4 nitrogen and oxygen atoms in total. The SMILES string of the molecule is Cc1cccc(N2CCN(C(=O)CCc3ccncc3)CC2)c1. The van der Waals surface area contributed by atoms with Gasteiger partial charge in [-0.3, -0.25) is 9.78 Å². The summed E-state index contributed by atoms with van der Waals surface area (Å²) in [6.45, 7) is 5.55. The van der Waals surface area contributed by atoms with Gasteiger partial charge in [0.25, 0.3) is 0 Å². The molecule has 0 saturated carbocycles. The quantitative estimate of drug-likeness (QED) is 0.871. The molecular weight excluding hydrogens is 286 g/mol. The van der Waals surface area contributed by atoms with Gasteiger partial charge in [-0.1, -0.05) is 12.1 Å². The number of aryl methyl sites for hydroxylation is 2. The van der Waals surface area contributed by atoms with Crippen molar-refractivity contribution in [1.82, 2.24) is 9.88 Å². The molecule has 0 unspecified atom stereocenters. The van der Waals surface area contributed by atoms with Crippen LogP contribution >= 0.6 is 0 Å². The number of amides is 1. The molecule has 2 heterocycles. The van der Waals surface area contributed by atoms with E-state index >= 15 is 0 Å². The second kappa shape index (κ2) is 7.27. The molecule has 1 aromatic heterocycles. The van der Waals surface area contributed by atoms with Gasteiger partial charge in [-0.05, 0) is 48.7 Å². The number of rotatable bonds is 4. The Kier molecular flexibility index (Phi) is 4.91. The fourth-order valence-corrected chi connectivity index (χ4v) is 3.00. The van der Waals surface area contributed by atoms with E-state index in [9.17, 15) is 4.79 Å². The Bertz CT molecular complexity index is 649. The van der Waals surface area contributed by atoms with Crippen LogP contribution < -0.4 is 4.90 Å². The van der Waals surface area contributed by atoms with E-state index in [2.05, 4.69) is 41.1 Å². The molecule has 0 N–H and O–H groups in total. The van der Waals surface area contributed by atoms with Crippen LogP contribution in [0.3, 0.4) is 0 Å². The second-order valence-electron chi connectivity index (χ2n) is 6.06. The van der Waals surface area contributed by atoms with Crippen LogP contribution in [0.5, 0.6) is 0 Å². The molecule has 1 saturated heterocycles. The molecule has 0 bridgehead atoms. The van der Waals surface area contributed by atoms with Crippen molar-refractivity contribution in [2.24, 2.45) is 0 Å². The van der Waals surface area contributed by atoms with Crippen molar-refractivity contribution in [3.8, 4) is 0 Å². The lowest BCUT2D eigenvalue weighted by Gasteiger charge is -2.36. The molecule has 1 fully saturated rings. The van der Waals surface area contributed by atoms with Gasteiger partial charge >= 0.3 is 0 Å². The van der Waals surface area contributed by atoms with E-state index < -0.39 is 0 Å². The van der Waals surface area contributed by atoms with Gasteiger partial charge in [-0.2, -0.15) is 0 Å². The summed E-state index contributed by atoms with van der Waals surface area (Å²) < 4.78 is 0. The first-order valence-electron chi connectivity index (χ1n) is 8.21. The van der Waals surface area contributed by atoms with E-state index in [1.54, 1.807) is 12.4 Å². The number of pyridine rings is 1. The number of aromatic nitrogens is 1. The normalized spacial score (nSPS) is 14.8. The molecule has 1 aliphatic heterocycles. The van der Waals surface area contributed by atoms with Crippen LogP contribution in [0.2, 0.25) is 0 Å². The molecule has 3 rings (SSSR count). The van der Waals surface area contributed by atoms with Crippen molar-refractivity contribution in [1.29, 1.82) is 0 Å². The number of hydrogen-bond acceptors (Lipinski definition) is 3. The number of nitrogens with zero attached hydrogens (tertiary/aromatic N) is 3. The van der Waals surface area contributed by atoms with Crippen molar-refractivity contribution in [3.63, 3.8) is 0 Å². The largest absolute Gasteiger partial charge is 0.368 e. The molecule has 1 amide bonds. The molecule has 0 spiro atoms. The van der Waals surface area contributed by atoms with Crippen molar-refractivity contribution in [2.45, 2.75) is 19.8 Å². The lowest BCUT2D eigenvalue weighted by atomic mass is 10.1. The van der Waals surface area contributed by atoms with Crippen LogP contribution in [0.4, 0.5) is 5.69 Å². The minimum atomic E-state index is 0.255. The van der Waals surface area contributed by atoms with Crippen LogP contribution in [-0.2, 0) is 11.2 Å². The third kappa shape index (κ3) is 4.09. The van der Waals surface area contributed by atoms with E-state index in [1.165, 1.54) is 16.8 Å². The average molecular weight is 309 g/mol. The summed E-state index contributed by atoms with van der Waals surface area (Å²) in [6, 6.07) is 12.5. The monoisotopic (exact) mass is 309 g/mol. The average Bonchev–Trinajstić information content (AvgIpc) is 2.61. The molecule has 23 heavy (non-hydrogen) atoms. The Balaban J connectivity index is 1.49. The summed E-state index contributed by atoms with van der Waals surface area (Å²) in [5.41, 5.74) is 3.71. The number of piperazine rings is 1. The van der Waals surface area contributed by atoms with Gasteiger partial charge in [-0.25, -0.2) is 0 Å². The summed E-state index contributed by atoms with van der Waals surface area (Å²) >= 11 is 0. The van der Waals surface area contributed by atoms with E-state index in [1.807, 2.05) is 17.0 Å². The third-order valence-corrected chi connectivity index (χ3v) is 4.38. The van der Waals surface area contributed by atoms with Crippen molar-refractivity contribution in [3.05, 3.63) is 59.9 Å². The minimum absolute atomic E-state index is 0.255. The van der Waals surface area contributed by atoms with Gasteiger partial charge < -0.3 is 9.80 Å². The molecular formula is C19H23N3O. The lowest BCUT2D eigenvalue weighted by molar-refractivity contribution is -0.131. The predicted octanol–water partition coefficient (Wildman–Crippen LogP) is 2.67. The first-order chi connectivity index (χ1) is 11.2. The van der Waals surface area contributed by atoms with Gasteiger partial charge in [0.2, 0.25) is 5.91 Å². The number of benzene rings is 1. The van der Waals surface area contributed by atoms with Crippen molar-refractivity contribution < 1.29 is 4.79 Å². The number of anilines is 1. The molecule has 2 aromatic rings. The highest BCUT2D eigenvalue weighted by molar-refractivity contribution is 5.76. The van der Waals surface area contributed by atoms with Crippen LogP contribution in [0.15, 0.2) is 48.8 Å². The second-order valence-corrected chi connectivity index (χ2v) is 6.06. The summed E-state index contributed by atoms with van der Waals surface area (Å²) in [7, 11) is 0. The zero-order valence-electron chi connectivity index (χ0n) is 13.6. The van der Waals surface area contributed by atoms with E-state index in [0.29, 0.717) is 6.42 Å². The van der Waals surface area contributed by atoms with Gasteiger partial charge in [0.15, 0.2) is 0 Å². The maximum atomic E-state index is 12.4. The smallest absolute Gasteiger partial charge is 0.223 e. The van der Waals surface area contributed by atoms with Crippen LogP contribution in [0.1, 0.15) is 17.5 Å². The number of carbonyl (C=O) groups is 1. The van der Waals surface area contributed by atoms with Gasteiger partial charge in [0.05, 0.1) is 0 Å². The molecule has 120 valence electrons. The molecule has 0 aliphatic carbocycles. The summed E-state index contributed by atoms with van der Waals surface area (Å²) in [6.07, 6.45) is 4.93. The van der Waals surface area contributed by atoms with Crippen LogP contribution in [0.25, 0.3) is 0 Å². The molecule has 1 aromatic carbocycles. The Morgan fingerprint density at radius 3 is 2.52 bits per heavy atom. The van der Waals surface area contributed by atoms with Crippen molar-refractivity contribution in [2.75, 3.05) is 31.1 Å². The minimum Gasteiger partial charge on any atom is -0.368 e. The first-order valence-corrected chi connectivity index (χ1v) is 8.21. The standard InChI is InChI=1S/C19H23N3O/c1-16-3-2-4-18(15-16)21-11-13-22(14-12-21)19(23)6-5-17-7-9-20-10-8-17/h2-4,7-10,15H,5-6,11-14H2,1H3. The highest BCUT2D eigenvalue weighted by Gasteiger charge is 2.21. The molecule has 0 atom stereocenters. The van der Waals surface area contributed by atoms with Crippen LogP contribution in [-0.4, -0.2) is 42.0 Å². The lowest BCUT2D eigenvalue weighted by Crippen LogP contribution is -2.48. The first kappa shape index (κ1) is 15.5. The van der Waals surface area contributed by atoms with E-state index in [-0.39, 0.29) is 5.91 Å². The molecule has 1 aliphatic rings. The van der Waals surface area contributed by atoms with Gasteiger partial charge in [-0.15, -0.1) is 0 Å². The third-order valence-electron chi connectivity index (χ3n) is 4.38. The fourth-order valence-electron chi connectivity index (χ4n) is 3.00.